The van der Waals surface area contributed by atoms with Crippen molar-refractivity contribution in [3.63, 3.8) is 0 Å². The molecular weight excluding hydrogens is 227 g/mol. The van der Waals surface area contributed by atoms with E-state index in [1.54, 1.807) is 0 Å². The van der Waals surface area contributed by atoms with E-state index in [1.807, 2.05) is 4.98 Å². The maximum Gasteiger partial charge on any atom is 0.439 e. The Morgan fingerprint density at radius 3 is 2.69 bits per heavy atom. The molecular formula is C8H4F3N3O2. The molecule has 84 valence electrons. The number of aromatic amines is 1. The number of H-pyrrole nitrogens is 1. The minimum atomic E-state index is -4.55. The Morgan fingerprint density at radius 1 is 1.38 bits per heavy atom. The molecule has 1 N–H and O–H groups in total. The highest BCUT2D eigenvalue weighted by Gasteiger charge is 2.34. The third-order valence-corrected chi connectivity index (χ3v) is 1.82. The van der Waals surface area contributed by atoms with Gasteiger partial charge in [-0.15, -0.1) is 0 Å². The second-order valence-corrected chi connectivity index (χ2v) is 2.86. The molecule has 0 aromatic carbocycles. The summed E-state index contributed by atoms with van der Waals surface area (Å²) in [4.78, 5) is 16.2. The molecule has 0 aliphatic rings. The van der Waals surface area contributed by atoms with Gasteiger partial charge in [-0.3, -0.25) is 14.5 Å². The Bertz CT molecular complexity index is 558. The molecule has 2 aromatic rings. The van der Waals surface area contributed by atoms with Gasteiger partial charge < -0.3 is 0 Å². The molecule has 8 heteroatoms. The summed E-state index contributed by atoms with van der Waals surface area (Å²) in [5, 5.41) is 3.18. The van der Waals surface area contributed by atoms with Gasteiger partial charge in [0.25, 0.3) is 0 Å². The minimum Gasteiger partial charge on any atom is -0.296 e. The fourth-order valence-electron chi connectivity index (χ4n) is 1.18. The van der Waals surface area contributed by atoms with Crippen LogP contribution in [0.3, 0.4) is 0 Å². The summed E-state index contributed by atoms with van der Waals surface area (Å²) in [6, 6.07) is 0.794. The zero-order chi connectivity index (χ0) is 11.8. The van der Waals surface area contributed by atoms with Gasteiger partial charge in [-0.1, -0.05) is 5.16 Å². The van der Waals surface area contributed by atoms with Crippen molar-refractivity contribution in [2.45, 2.75) is 6.18 Å². The summed E-state index contributed by atoms with van der Waals surface area (Å²) in [5.41, 5.74) is -1.27. The fraction of sp³-hybridized carbons (Fsp3) is 0.125. The van der Waals surface area contributed by atoms with Crippen molar-refractivity contribution < 1.29 is 17.7 Å². The van der Waals surface area contributed by atoms with Gasteiger partial charge in [0, 0.05) is 12.4 Å². The number of alkyl halides is 3. The molecule has 0 atom stereocenters. The number of aromatic nitrogens is 3. The Kier molecular flexibility index (Phi) is 2.26. The molecule has 0 radical (unpaired) electrons. The Hall–Kier alpha value is -2.12. The summed E-state index contributed by atoms with van der Waals surface area (Å²) in [7, 11) is 0. The molecule has 0 amide bonds. The van der Waals surface area contributed by atoms with E-state index in [9.17, 15) is 18.0 Å². The maximum atomic E-state index is 12.6. The molecule has 0 spiro atoms. The highest BCUT2D eigenvalue weighted by molar-refractivity contribution is 5.58. The summed E-state index contributed by atoms with van der Waals surface area (Å²) in [6.45, 7) is 0. The molecule has 2 rings (SSSR count). The van der Waals surface area contributed by atoms with Crippen LogP contribution in [0.5, 0.6) is 0 Å². The van der Waals surface area contributed by atoms with E-state index in [4.69, 9.17) is 0 Å². The maximum absolute atomic E-state index is 12.6. The molecule has 2 heterocycles. The quantitative estimate of drug-likeness (QED) is 0.806. The molecule has 0 saturated heterocycles. The fourth-order valence-corrected chi connectivity index (χ4v) is 1.18. The largest absolute Gasteiger partial charge is 0.439 e. The van der Waals surface area contributed by atoms with Crippen LogP contribution in [0.2, 0.25) is 0 Å². The molecule has 0 fully saturated rings. The van der Waals surface area contributed by atoms with E-state index in [2.05, 4.69) is 14.7 Å². The number of hydrogen-bond acceptors (Lipinski definition) is 4. The van der Waals surface area contributed by atoms with Gasteiger partial charge in [-0.2, -0.15) is 13.2 Å². The van der Waals surface area contributed by atoms with Crippen molar-refractivity contribution in [2.24, 2.45) is 0 Å². The van der Waals surface area contributed by atoms with Gasteiger partial charge in [0.05, 0.1) is 11.1 Å². The average Bonchev–Trinajstić information content (AvgIpc) is 2.64. The Morgan fingerprint density at radius 2 is 2.12 bits per heavy atom. The first-order chi connectivity index (χ1) is 7.48. The van der Waals surface area contributed by atoms with Crippen LogP contribution >= 0.6 is 0 Å². The second kappa shape index (κ2) is 3.47. The zero-order valence-electron chi connectivity index (χ0n) is 7.58. The van der Waals surface area contributed by atoms with E-state index in [-0.39, 0.29) is 11.4 Å². The first-order valence-corrected chi connectivity index (χ1v) is 4.06. The average molecular weight is 231 g/mol. The summed E-state index contributed by atoms with van der Waals surface area (Å²) < 4.78 is 41.8. The monoisotopic (exact) mass is 231 g/mol. The third-order valence-electron chi connectivity index (χ3n) is 1.82. The molecule has 16 heavy (non-hydrogen) atoms. The number of hydrogen-bond donors (Lipinski definition) is 1. The van der Waals surface area contributed by atoms with Crippen molar-refractivity contribution >= 4 is 0 Å². The lowest BCUT2D eigenvalue weighted by Crippen LogP contribution is -2.08. The van der Waals surface area contributed by atoms with Gasteiger partial charge in [-0.25, -0.2) is 4.79 Å². The first-order valence-electron chi connectivity index (χ1n) is 4.06. The number of pyridine rings is 1. The molecule has 5 nitrogen and oxygen atoms in total. The highest BCUT2D eigenvalue weighted by atomic mass is 19.4. The summed E-state index contributed by atoms with van der Waals surface area (Å²) in [6.07, 6.45) is -2.59. The van der Waals surface area contributed by atoms with Crippen molar-refractivity contribution in [1.29, 1.82) is 0 Å². The SMILES string of the molecule is O=c1[nH]c(-c2cnccc2C(F)(F)F)no1. The number of rotatable bonds is 1. The molecule has 2 aromatic heterocycles. The van der Waals surface area contributed by atoms with Gasteiger partial charge in [0.15, 0.2) is 5.82 Å². The molecule has 0 unspecified atom stereocenters. The predicted molar refractivity (Wildman–Crippen MR) is 45.4 cm³/mol. The predicted octanol–water partition coefficient (Wildman–Crippen LogP) is 1.44. The smallest absolute Gasteiger partial charge is 0.296 e. The number of nitrogens with one attached hydrogen (secondary N) is 1. The zero-order valence-corrected chi connectivity index (χ0v) is 7.58. The van der Waals surface area contributed by atoms with E-state index in [0.717, 1.165) is 18.5 Å². The molecule has 0 aliphatic carbocycles. The third kappa shape index (κ3) is 1.81. The second-order valence-electron chi connectivity index (χ2n) is 2.86. The molecule has 0 aliphatic heterocycles. The van der Waals surface area contributed by atoms with Crippen LogP contribution in [0.25, 0.3) is 11.4 Å². The van der Waals surface area contributed by atoms with E-state index in [0.29, 0.717) is 0 Å². The molecule has 0 bridgehead atoms. The van der Waals surface area contributed by atoms with Crippen LogP contribution < -0.4 is 5.76 Å². The number of nitrogens with zero attached hydrogens (tertiary/aromatic N) is 2. The van der Waals surface area contributed by atoms with Crippen molar-refractivity contribution in [2.75, 3.05) is 0 Å². The van der Waals surface area contributed by atoms with E-state index >= 15 is 0 Å². The lowest BCUT2D eigenvalue weighted by molar-refractivity contribution is -0.137. The van der Waals surface area contributed by atoms with Crippen LogP contribution in [0.1, 0.15) is 5.56 Å². The normalized spacial score (nSPS) is 11.7. The van der Waals surface area contributed by atoms with Gasteiger partial charge in [0.2, 0.25) is 0 Å². The lowest BCUT2D eigenvalue weighted by atomic mass is 10.1. The Balaban J connectivity index is 2.61. The van der Waals surface area contributed by atoms with Gasteiger partial charge in [0.1, 0.15) is 0 Å². The Labute approximate surface area is 85.9 Å². The van der Waals surface area contributed by atoms with Crippen LogP contribution in [-0.2, 0) is 6.18 Å². The summed E-state index contributed by atoms with van der Waals surface area (Å²) in [5.74, 6) is -1.22. The first kappa shape index (κ1) is 10.4. The van der Waals surface area contributed by atoms with Gasteiger partial charge >= 0.3 is 11.9 Å². The van der Waals surface area contributed by atoms with Crippen molar-refractivity contribution in [1.82, 2.24) is 15.1 Å². The minimum absolute atomic E-state index is 0.301. The van der Waals surface area contributed by atoms with Gasteiger partial charge in [-0.05, 0) is 6.07 Å². The molecule has 0 saturated carbocycles. The number of halogens is 3. The van der Waals surface area contributed by atoms with Crippen LogP contribution in [0.4, 0.5) is 13.2 Å². The lowest BCUT2D eigenvalue weighted by Gasteiger charge is -2.09. The topological polar surface area (TPSA) is 71.8 Å². The van der Waals surface area contributed by atoms with Crippen LogP contribution in [0.15, 0.2) is 27.8 Å². The summed E-state index contributed by atoms with van der Waals surface area (Å²) >= 11 is 0. The standard InChI is InChI=1S/C8H4F3N3O2/c9-8(10,11)5-1-2-12-3-4(5)6-13-7(15)16-14-6/h1-3H,(H,13,14,15). The van der Waals surface area contributed by atoms with Crippen LogP contribution in [-0.4, -0.2) is 15.1 Å². The van der Waals surface area contributed by atoms with E-state index < -0.39 is 17.5 Å². The van der Waals surface area contributed by atoms with Crippen molar-refractivity contribution in [3.05, 3.63) is 34.6 Å². The highest BCUT2D eigenvalue weighted by Crippen LogP contribution is 2.34. The van der Waals surface area contributed by atoms with E-state index in [1.165, 1.54) is 0 Å². The van der Waals surface area contributed by atoms with Crippen LogP contribution in [0, 0.1) is 0 Å². The van der Waals surface area contributed by atoms with Crippen molar-refractivity contribution in [3.8, 4) is 11.4 Å².